The molecule has 16 heavy (non-hydrogen) atoms. The zero-order valence-electron chi connectivity index (χ0n) is 8.67. The Morgan fingerprint density at radius 2 is 1.12 bits per heavy atom. The third-order valence-electron chi connectivity index (χ3n) is 3.16. The normalized spacial score (nSPS) is 32.5. The first-order chi connectivity index (χ1) is 7.93. The fraction of sp³-hybridized carbons (Fsp3) is 0. The van der Waals surface area contributed by atoms with Gasteiger partial charge in [0.25, 0.3) is 0 Å². The number of hydrogen-bond acceptors (Lipinski definition) is 0. The summed E-state index contributed by atoms with van der Waals surface area (Å²) in [4.78, 5) is 9.87. The van der Waals surface area contributed by atoms with Gasteiger partial charge in [0.1, 0.15) is 0 Å². The molecule has 0 saturated heterocycles. The summed E-state index contributed by atoms with van der Waals surface area (Å²) in [7, 11) is 0. The molecule has 0 aromatic heterocycles. The molecule has 0 amide bonds. The summed E-state index contributed by atoms with van der Waals surface area (Å²) in [6, 6.07) is 0. The van der Waals surface area contributed by atoms with E-state index in [-0.39, 0.29) is 0 Å². The first-order valence-corrected chi connectivity index (χ1v) is 11.6. The Balaban J connectivity index is 2.03. The third-order valence-corrected chi connectivity index (χ3v) is 12.2. The van der Waals surface area contributed by atoms with Gasteiger partial charge in [-0.25, -0.2) is 0 Å². The van der Waals surface area contributed by atoms with Gasteiger partial charge < -0.3 is 0 Å². The van der Waals surface area contributed by atoms with Gasteiger partial charge >= 0.3 is 105 Å². The van der Waals surface area contributed by atoms with Crippen LogP contribution in [0.1, 0.15) is 0 Å². The number of hydrogen-bond donors (Lipinski definition) is 0. The minimum absolute atomic E-state index is 0.984. The Hall–Kier alpha value is -0.703. The zero-order valence-corrected chi connectivity index (χ0v) is 12.4. The van der Waals surface area contributed by atoms with Crippen molar-refractivity contribution in [2.75, 3.05) is 0 Å². The fourth-order valence-corrected chi connectivity index (χ4v) is 12.6. The van der Waals surface area contributed by atoms with Crippen LogP contribution in [0.3, 0.4) is 0 Å². The monoisotopic (exact) mass is 328 g/mol. The van der Waals surface area contributed by atoms with Crippen molar-refractivity contribution in [3.05, 3.63) is 75.8 Å². The molecule has 0 radical (unpaired) electrons. The number of allylic oxidation sites excluding steroid dienone is 10. The van der Waals surface area contributed by atoms with Gasteiger partial charge in [0.15, 0.2) is 0 Å². The quantitative estimate of drug-likeness (QED) is 0.600. The molecular weight excluding hydrogens is 318 g/mol. The Morgan fingerprint density at radius 3 is 1.62 bits per heavy atom. The summed E-state index contributed by atoms with van der Waals surface area (Å²) in [5.41, 5.74) is 2.99. The molecule has 4 rings (SSSR count). The van der Waals surface area contributed by atoms with Crippen LogP contribution in [-0.4, -0.2) is 29.3 Å². The molecule has 0 bridgehead atoms. The van der Waals surface area contributed by atoms with Crippen molar-refractivity contribution < 1.29 is 0 Å². The second kappa shape index (κ2) is 3.39. The van der Waals surface area contributed by atoms with Crippen molar-refractivity contribution in [1.82, 2.24) is 0 Å². The molecule has 2 atom stereocenters. The van der Waals surface area contributed by atoms with Crippen LogP contribution in [0.4, 0.5) is 0 Å². The average Bonchev–Trinajstić information content (AvgIpc) is 2.36. The predicted molar refractivity (Wildman–Crippen MR) is 71.3 cm³/mol. The van der Waals surface area contributed by atoms with Gasteiger partial charge in [0.2, 0.25) is 0 Å². The van der Waals surface area contributed by atoms with Crippen LogP contribution in [0.2, 0.25) is 0 Å². The molecule has 0 fully saturated rings. The summed E-state index contributed by atoms with van der Waals surface area (Å²) in [6.07, 6.45) is 13.8. The molecular formula is C14H10As2. The van der Waals surface area contributed by atoms with Gasteiger partial charge in [0.05, 0.1) is 0 Å². The van der Waals surface area contributed by atoms with Crippen LogP contribution in [-0.2, 0) is 0 Å². The van der Waals surface area contributed by atoms with Gasteiger partial charge in [-0.2, -0.15) is 0 Å². The fourth-order valence-electron chi connectivity index (χ4n) is 2.44. The van der Waals surface area contributed by atoms with E-state index in [1.54, 1.807) is 8.72 Å². The average molecular weight is 328 g/mol. The molecule has 0 aromatic rings. The maximum atomic E-state index is 2.48. The molecule has 4 aliphatic rings. The first-order valence-electron chi connectivity index (χ1n) is 5.38. The summed E-state index contributed by atoms with van der Waals surface area (Å²) in [5.74, 6) is 0. The molecule has 76 valence electrons. The van der Waals surface area contributed by atoms with Crippen LogP contribution in [0.25, 0.3) is 0 Å². The summed E-state index contributed by atoms with van der Waals surface area (Å²) < 4.78 is 3.46. The molecule has 4 heterocycles. The second-order valence-electron chi connectivity index (χ2n) is 4.07. The van der Waals surface area contributed by atoms with Gasteiger partial charge in [0, 0.05) is 0 Å². The van der Waals surface area contributed by atoms with Crippen LogP contribution in [0.5, 0.6) is 0 Å². The van der Waals surface area contributed by atoms with E-state index in [4.69, 9.17) is 0 Å². The molecule has 2 heteroatoms. The van der Waals surface area contributed by atoms with Crippen molar-refractivity contribution in [1.29, 1.82) is 0 Å². The third kappa shape index (κ3) is 1.18. The summed E-state index contributed by atoms with van der Waals surface area (Å²) >= 11 is -1.97. The molecule has 4 aliphatic heterocycles. The standard InChI is InChI=1S/C14H10As2/c1-3-11-5-10-16-8-2-4-12-6-9-15(7-1)13(11)14(12)16/h1-10H. The van der Waals surface area contributed by atoms with Crippen LogP contribution >= 0.6 is 0 Å². The molecule has 0 saturated carbocycles. The van der Waals surface area contributed by atoms with Crippen LogP contribution in [0, 0.1) is 0 Å². The van der Waals surface area contributed by atoms with Gasteiger partial charge in [-0.05, 0) is 0 Å². The SMILES string of the molecule is C1=C[As]2C=CC3=CC=C[As]4C=CC(=C1)C2=C34. The molecule has 0 spiro atoms. The van der Waals surface area contributed by atoms with Gasteiger partial charge in [-0.3, -0.25) is 0 Å². The Morgan fingerprint density at radius 1 is 0.625 bits per heavy atom. The van der Waals surface area contributed by atoms with E-state index in [0.29, 0.717) is 0 Å². The molecule has 0 N–H and O–H groups in total. The van der Waals surface area contributed by atoms with E-state index < -0.39 is 29.3 Å². The van der Waals surface area contributed by atoms with Crippen molar-refractivity contribution in [3.8, 4) is 0 Å². The zero-order chi connectivity index (χ0) is 10.5. The molecule has 0 aromatic carbocycles. The molecule has 0 nitrogen and oxygen atoms in total. The van der Waals surface area contributed by atoms with E-state index in [1.807, 2.05) is 0 Å². The maximum absolute atomic E-state index is 2.48. The van der Waals surface area contributed by atoms with E-state index in [1.165, 1.54) is 11.1 Å². The first kappa shape index (κ1) is 9.34. The van der Waals surface area contributed by atoms with E-state index in [0.717, 1.165) is 0 Å². The minimum atomic E-state index is -0.984. The van der Waals surface area contributed by atoms with E-state index >= 15 is 0 Å². The molecule has 2 unspecified atom stereocenters. The summed E-state index contributed by atoms with van der Waals surface area (Å²) in [6.45, 7) is 0. The predicted octanol–water partition coefficient (Wildman–Crippen LogP) is 2.64. The van der Waals surface area contributed by atoms with Gasteiger partial charge in [-0.1, -0.05) is 0 Å². The second-order valence-corrected chi connectivity index (χ2v) is 11.9. The van der Waals surface area contributed by atoms with Crippen molar-refractivity contribution in [2.45, 2.75) is 0 Å². The van der Waals surface area contributed by atoms with Crippen LogP contribution in [0.15, 0.2) is 75.8 Å². The van der Waals surface area contributed by atoms with Crippen molar-refractivity contribution in [3.63, 3.8) is 0 Å². The number of rotatable bonds is 0. The van der Waals surface area contributed by atoms with Crippen molar-refractivity contribution >= 4 is 29.3 Å². The Kier molecular flexibility index (Phi) is 1.98. The Bertz CT molecular complexity index is 528. The van der Waals surface area contributed by atoms with E-state index in [9.17, 15) is 0 Å². The van der Waals surface area contributed by atoms with Gasteiger partial charge in [-0.15, -0.1) is 0 Å². The van der Waals surface area contributed by atoms with Crippen molar-refractivity contribution in [2.24, 2.45) is 0 Å². The summed E-state index contributed by atoms with van der Waals surface area (Å²) in [5, 5.41) is 0. The topological polar surface area (TPSA) is 0 Å². The van der Waals surface area contributed by atoms with E-state index in [2.05, 4.69) is 55.9 Å². The van der Waals surface area contributed by atoms with Crippen LogP contribution < -0.4 is 0 Å². The Labute approximate surface area is 105 Å². The molecule has 0 aliphatic carbocycles.